The van der Waals surface area contributed by atoms with Crippen LogP contribution in [-0.4, -0.2) is 4.98 Å². The van der Waals surface area contributed by atoms with Gasteiger partial charge < -0.3 is 5.73 Å². The molecule has 0 aliphatic heterocycles. The normalized spacial score (nSPS) is 8.60. The van der Waals surface area contributed by atoms with Gasteiger partial charge in [0.25, 0.3) is 0 Å². The molecule has 0 saturated carbocycles. The van der Waals surface area contributed by atoms with Crippen LogP contribution in [0.5, 0.6) is 0 Å². The summed E-state index contributed by atoms with van der Waals surface area (Å²) in [7, 11) is 0. The maximum atomic E-state index is 5.56. The number of aromatic nitrogens is 1. The Hall–Kier alpha value is -1.05. The van der Waals surface area contributed by atoms with Gasteiger partial charge >= 0.3 is 0 Å². The van der Waals surface area contributed by atoms with Gasteiger partial charge in [0.1, 0.15) is 0 Å². The average Bonchev–Trinajstić information content (AvgIpc) is 1.80. The molecule has 0 aliphatic rings. The van der Waals surface area contributed by atoms with E-state index in [2.05, 4.69) is 4.98 Å². The number of pyridine rings is 1. The Morgan fingerprint density at radius 1 is 1.40 bits per heavy atom. The SMILES string of the molecule is C.Cc1cnc(C)c(N)c1. The quantitative estimate of drug-likeness (QED) is 0.594. The lowest BCUT2D eigenvalue weighted by Gasteiger charge is -1.97. The third kappa shape index (κ3) is 1.72. The van der Waals surface area contributed by atoms with Gasteiger partial charge in [-0.05, 0) is 25.5 Å². The van der Waals surface area contributed by atoms with Crippen molar-refractivity contribution in [3.05, 3.63) is 23.5 Å². The molecule has 10 heavy (non-hydrogen) atoms. The smallest absolute Gasteiger partial charge is 0.0601 e. The molecule has 2 heteroatoms. The highest BCUT2D eigenvalue weighted by Crippen LogP contribution is 2.07. The van der Waals surface area contributed by atoms with Crippen LogP contribution in [0.2, 0.25) is 0 Å². The highest BCUT2D eigenvalue weighted by molar-refractivity contribution is 5.43. The zero-order valence-corrected chi connectivity index (χ0v) is 5.68. The van der Waals surface area contributed by atoms with E-state index in [0.717, 1.165) is 16.9 Å². The molecule has 1 aromatic heterocycles. The zero-order chi connectivity index (χ0) is 6.85. The molecule has 2 nitrogen and oxygen atoms in total. The fourth-order valence-corrected chi connectivity index (χ4v) is 0.660. The summed E-state index contributed by atoms with van der Waals surface area (Å²) in [6, 6.07) is 1.92. The summed E-state index contributed by atoms with van der Waals surface area (Å²) in [4.78, 5) is 4.05. The van der Waals surface area contributed by atoms with Gasteiger partial charge in [-0.15, -0.1) is 0 Å². The molecule has 0 aromatic carbocycles. The minimum Gasteiger partial charge on any atom is -0.397 e. The van der Waals surface area contributed by atoms with E-state index in [1.54, 1.807) is 0 Å². The number of nitrogens with zero attached hydrogens (tertiary/aromatic N) is 1. The van der Waals surface area contributed by atoms with Gasteiger partial charge in [0.2, 0.25) is 0 Å². The summed E-state index contributed by atoms with van der Waals surface area (Å²) in [5.41, 5.74) is 8.34. The van der Waals surface area contributed by atoms with Crippen molar-refractivity contribution in [2.75, 3.05) is 5.73 Å². The molecule has 0 amide bonds. The number of rotatable bonds is 0. The lowest BCUT2D eigenvalue weighted by molar-refractivity contribution is 1.18. The van der Waals surface area contributed by atoms with Gasteiger partial charge in [-0.25, -0.2) is 0 Å². The molecule has 0 unspecified atom stereocenters. The Bertz CT molecular complexity index is 218. The molecule has 0 bridgehead atoms. The average molecular weight is 138 g/mol. The fourth-order valence-electron chi connectivity index (χ4n) is 0.660. The third-order valence-corrected chi connectivity index (χ3v) is 1.26. The van der Waals surface area contributed by atoms with E-state index in [1.807, 2.05) is 26.1 Å². The standard InChI is InChI=1S/C7H10N2.CH4/c1-5-3-7(8)6(2)9-4-5;/h3-4H,8H2,1-2H3;1H4. The molecule has 1 heterocycles. The first-order valence-electron chi connectivity index (χ1n) is 2.89. The van der Waals surface area contributed by atoms with Gasteiger partial charge in [-0.3, -0.25) is 4.98 Å². The van der Waals surface area contributed by atoms with Gasteiger partial charge in [0, 0.05) is 6.20 Å². The van der Waals surface area contributed by atoms with Crippen LogP contribution < -0.4 is 5.73 Å². The maximum absolute atomic E-state index is 5.56. The summed E-state index contributed by atoms with van der Waals surface area (Å²) in [6.07, 6.45) is 1.81. The third-order valence-electron chi connectivity index (χ3n) is 1.26. The topological polar surface area (TPSA) is 38.9 Å². The molecule has 0 spiro atoms. The van der Waals surface area contributed by atoms with Crippen LogP contribution in [-0.2, 0) is 0 Å². The molecule has 1 aromatic rings. The lowest BCUT2D eigenvalue weighted by atomic mass is 10.2. The van der Waals surface area contributed by atoms with Crippen molar-refractivity contribution < 1.29 is 0 Å². The van der Waals surface area contributed by atoms with Crippen LogP contribution in [0, 0.1) is 13.8 Å². The Morgan fingerprint density at radius 2 is 2.00 bits per heavy atom. The van der Waals surface area contributed by atoms with Crippen molar-refractivity contribution in [2.24, 2.45) is 0 Å². The number of hydrogen-bond acceptors (Lipinski definition) is 2. The predicted molar refractivity (Wildman–Crippen MR) is 44.9 cm³/mol. The molecule has 0 saturated heterocycles. The van der Waals surface area contributed by atoms with Crippen molar-refractivity contribution in [3.63, 3.8) is 0 Å². The van der Waals surface area contributed by atoms with Crippen molar-refractivity contribution >= 4 is 5.69 Å². The molecular weight excluding hydrogens is 124 g/mol. The minimum atomic E-state index is 0. The number of nitrogens with two attached hydrogens (primary N) is 1. The maximum Gasteiger partial charge on any atom is 0.0601 e. The largest absolute Gasteiger partial charge is 0.397 e. The van der Waals surface area contributed by atoms with E-state index in [1.165, 1.54) is 0 Å². The van der Waals surface area contributed by atoms with E-state index in [-0.39, 0.29) is 7.43 Å². The van der Waals surface area contributed by atoms with Gasteiger partial charge in [-0.1, -0.05) is 7.43 Å². The lowest BCUT2D eigenvalue weighted by Crippen LogP contribution is -1.92. The van der Waals surface area contributed by atoms with Crippen LogP contribution in [0.3, 0.4) is 0 Å². The van der Waals surface area contributed by atoms with Crippen molar-refractivity contribution in [1.82, 2.24) is 4.98 Å². The summed E-state index contributed by atoms with van der Waals surface area (Å²) in [5.74, 6) is 0. The molecule has 0 aliphatic carbocycles. The van der Waals surface area contributed by atoms with Crippen LogP contribution in [0.1, 0.15) is 18.7 Å². The number of hydrogen-bond donors (Lipinski definition) is 1. The molecular formula is C8H14N2. The second-order valence-corrected chi connectivity index (χ2v) is 2.19. The first kappa shape index (κ1) is 8.95. The monoisotopic (exact) mass is 138 g/mol. The summed E-state index contributed by atoms with van der Waals surface area (Å²) in [5, 5.41) is 0. The molecule has 0 fully saturated rings. The number of anilines is 1. The van der Waals surface area contributed by atoms with E-state index < -0.39 is 0 Å². The molecule has 0 atom stereocenters. The van der Waals surface area contributed by atoms with Gasteiger partial charge in [0.15, 0.2) is 0 Å². The second-order valence-electron chi connectivity index (χ2n) is 2.19. The first-order valence-corrected chi connectivity index (χ1v) is 2.89. The summed E-state index contributed by atoms with van der Waals surface area (Å²) in [6.45, 7) is 3.87. The Morgan fingerprint density at radius 3 is 2.40 bits per heavy atom. The number of aryl methyl sites for hydroxylation is 2. The Kier molecular flexibility index (Phi) is 2.87. The number of nitrogen functional groups attached to an aromatic ring is 1. The van der Waals surface area contributed by atoms with E-state index >= 15 is 0 Å². The van der Waals surface area contributed by atoms with E-state index in [9.17, 15) is 0 Å². The highest BCUT2D eigenvalue weighted by atomic mass is 14.7. The highest BCUT2D eigenvalue weighted by Gasteiger charge is 1.91. The van der Waals surface area contributed by atoms with E-state index in [0.29, 0.717) is 0 Å². The minimum absolute atomic E-state index is 0. The molecule has 56 valence electrons. The summed E-state index contributed by atoms with van der Waals surface area (Å²) >= 11 is 0. The van der Waals surface area contributed by atoms with Gasteiger partial charge in [0.05, 0.1) is 11.4 Å². The van der Waals surface area contributed by atoms with E-state index in [4.69, 9.17) is 5.73 Å². The fraction of sp³-hybridized carbons (Fsp3) is 0.375. The Balaban J connectivity index is 0.000000810. The summed E-state index contributed by atoms with van der Waals surface area (Å²) < 4.78 is 0. The van der Waals surface area contributed by atoms with Crippen molar-refractivity contribution in [3.8, 4) is 0 Å². The second kappa shape index (κ2) is 3.20. The van der Waals surface area contributed by atoms with Crippen LogP contribution in [0.15, 0.2) is 12.3 Å². The first-order chi connectivity index (χ1) is 4.20. The molecule has 1 rings (SSSR count). The predicted octanol–water partition coefficient (Wildman–Crippen LogP) is 1.92. The Labute approximate surface area is 62.1 Å². The molecule has 2 N–H and O–H groups in total. The van der Waals surface area contributed by atoms with Crippen LogP contribution in [0.4, 0.5) is 5.69 Å². The van der Waals surface area contributed by atoms with Gasteiger partial charge in [-0.2, -0.15) is 0 Å². The van der Waals surface area contributed by atoms with Crippen LogP contribution >= 0.6 is 0 Å². The molecule has 0 radical (unpaired) electrons. The van der Waals surface area contributed by atoms with Crippen LogP contribution in [0.25, 0.3) is 0 Å². The zero-order valence-electron chi connectivity index (χ0n) is 5.68. The van der Waals surface area contributed by atoms with Crippen molar-refractivity contribution in [1.29, 1.82) is 0 Å². The van der Waals surface area contributed by atoms with Crippen molar-refractivity contribution in [2.45, 2.75) is 21.3 Å².